The Morgan fingerprint density at radius 1 is 1.00 bits per heavy atom. The zero-order valence-corrected chi connectivity index (χ0v) is 16.1. The Morgan fingerprint density at radius 3 is 2.38 bits per heavy atom. The average molecular weight is 360 g/mol. The van der Waals surface area contributed by atoms with Crippen molar-refractivity contribution in [3.8, 4) is 5.75 Å². The smallest absolute Gasteiger partial charge is 0.257 e. The number of nitrogens with zero attached hydrogens (tertiary/aromatic N) is 2. The zero-order chi connectivity index (χ0) is 18.2. The molecule has 1 amide bonds. The number of amides is 1. The topological polar surface area (TPSA) is 44.8 Å². The molecule has 144 valence electrons. The van der Waals surface area contributed by atoms with Gasteiger partial charge in [0.2, 0.25) is 0 Å². The first-order valence-electron chi connectivity index (χ1n) is 10.3. The number of hydroxylamine groups is 1. The van der Waals surface area contributed by atoms with Crippen LogP contribution in [-0.2, 0) is 17.6 Å². The van der Waals surface area contributed by atoms with E-state index in [4.69, 9.17) is 4.84 Å². The number of hydrogen-bond donors (Lipinski definition) is 1. The van der Waals surface area contributed by atoms with E-state index in [0.29, 0.717) is 6.42 Å². The molecule has 0 saturated carbocycles. The predicted molar refractivity (Wildman–Crippen MR) is 104 cm³/mol. The third-order valence-corrected chi connectivity index (χ3v) is 5.49. The van der Waals surface area contributed by atoms with Gasteiger partial charge in [0.15, 0.2) is 5.75 Å². The lowest BCUT2D eigenvalue weighted by Gasteiger charge is -2.34. The Labute approximate surface area is 157 Å². The van der Waals surface area contributed by atoms with Crippen LogP contribution < -0.4 is 10.3 Å². The molecule has 0 aliphatic carbocycles. The quantitative estimate of drug-likeness (QED) is 0.689. The molecule has 3 rings (SSSR count). The highest BCUT2D eigenvalue weighted by molar-refractivity contribution is 5.80. The molecule has 2 heterocycles. The molecule has 0 aromatic heterocycles. The van der Waals surface area contributed by atoms with E-state index in [1.807, 2.05) is 6.07 Å². The summed E-state index contributed by atoms with van der Waals surface area (Å²) in [7, 11) is 0. The second-order valence-corrected chi connectivity index (χ2v) is 7.59. The first-order chi connectivity index (χ1) is 12.7. The van der Waals surface area contributed by atoms with Gasteiger partial charge < -0.3 is 14.6 Å². The Morgan fingerprint density at radius 2 is 1.69 bits per heavy atom. The lowest BCUT2D eigenvalue weighted by atomic mass is 10.0. The summed E-state index contributed by atoms with van der Waals surface area (Å²) in [6.45, 7) is 9.67. The molecule has 5 heteroatoms. The molecule has 1 aromatic rings. The van der Waals surface area contributed by atoms with Crippen LogP contribution in [0.15, 0.2) is 18.2 Å². The average Bonchev–Trinajstić information content (AvgIpc) is 2.66. The molecule has 26 heavy (non-hydrogen) atoms. The van der Waals surface area contributed by atoms with Crippen LogP contribution in [0.3, 0.4) is 0 Å². The van der Waals surface area contributed by atoms with Crippen molar-refractivity contribution in [3.05, 3.63) is 29.3 Å². The first kappa shape index (κ1) is 19.2. The highest BCUT2D eigenvalue weighted by Crippen LogP contribution is 2.24. The number of hydrogen-bond acceptors (Lipinski definition) is 4. The zero-order valence-electron chi connectivity index (χ0n) is 16.1. The largest absolute Gasteiger partial charge is 0.379 e. The molecule has 2 aliphatic heterocycles. The summed E-state index contributed by atoms with van der Waals surface area (Å²) in [5.41, 5.74) is 4.72. The minimum absolute atomic E-state index is 0.0734. The monoisotopic (exact) mass is 359 g/mol. The first-order valence-corrected chi connectivity index (χ1v) is 10.3. The number of rotatable bonds is 9. The highest BCUT2D eigenvalue weighted by atomic mass is 16.7. The van der Waals surface area contributed by atoms with Gasteiger partial charge in [-0.05, 0) is 50.4 Å². The fourth-order valence-corrected chi connectivity index (χ4v) is 3.80. The van der Waals surface area contributed by atoms with E-state index in [1.165, 1.54) is 76.9 Å². The van der Waals surface area contributed by atoms with Gasteiger partial charge in [-0.1, -0.05) is 31.9 Å². The summed E-state index contributed by atoms with van der Waals surface area (Å²) < 4.78 is 0. The highest BCUT2D eigenvalue weighted by Gasteiger charge is 2.17. The van der Waals surface area contributed by atoms with Crippen LogP contribution in [0.1, 0.15) is 50.2 Å². The normalized spacial score (nSPS) is 18.3. The molecule has 1 N–H and O–H groups in total. The molecular formula is C21H33N3O2. The van der Waals surface area contributed by atoms with Gasteiger partial charge >= 0.3 is 0 Å². The Balaban J connectivity index is 1.31. The molecule has 1 aromatic carbocycles. The summed E-state index contributed by atoms with van der Waals surface area (Å²) >= 11 is 0. The molecule has 0 atom stereocenters. The number of fused-ring (bicyclic) bond motifs is 1. The standard InChI is InChI=1S/C21H33N3O2/c1-2-3-5-10-23-12-14-24(15-13-23)11-6-4-7-18-8-9-19-17-21(25)22-26-20(19)16-18/h8-9,16H,2-7,10-15,17H2,1H3,(H,22,25). The van der Waals surface area contributed by atoms with Gasteiger partial charge in [0.1, 0.15) is 0 Å². The SMILES string of the molecule is CCCCCN1CCN(CCCCc2ccc3c(c2)ONC(=O)C3)CC1. The number of aryl methyl sites for hydroxylation is 1. The van der Waals surface area contributed by atoms with Crippen LogP contribution in [0.25, 0.3) is 0 Å². The second-order valence-electron chi connectivity index (χ2n) is 7.59. The molecular weight excluding hydrogens is 326 g/mol. The second kappa shape index (κ2) is 9.93. The molecule has 0 unspecified atom stereocenters. The lowest BCUT2D eigenvalue weighted by molar-refractivity contribution is -0.128. The van der Waals surface area contributed by atoms with Gasteiger partial charge in [0.05, 0.1) is 6.42 Å². The van der Waals surface area contributed by atoms with E-state index >= 15 is 0 Å². The number of piperazine rings is 1. The van der Waals surface area contributed by atoms with Gasteiger partial charge in [-0.25, -0.2) is 0 Å². The van der Waals surface area contributed by atoms with E-state index < -0.39 is 0 Å². The number of unbranched alkanes of at least 4 members (excludes halogenated alkanes) is 3. The number of carbonyl (C=O) groups is 1. The van der Waals surface area contributed by atoms with Crippen molar-refractivity contribution < 1.29 is 9.63 Å². The van der Waals surface area contributed by atoms with Gasteiger partial charge in [-0.2, -0.15) is 5.48 Å². The molecule has 0 spiro atoms. The van der Waals surface area contributed by atoms with Gasteiger partial charge in [0.25, 0.3) is 5.91 Å². The van der Waals surface area contributed by atoms with Crippen molar-refractivity contribution >= 4 is 5.91 Å². The van der Waals surface area contributed by atoms with Crippen LogP contribution in [0.5, 0.6) is 5.75 Å². The van der Waals surface area contributed by atoms with Crippen molar-refractivity contribution in [2.24, 2.45) is 0 Å². The van der Waals surface area contributed by atoms with E-state index in [1.54, 1.807) is 0 Å². The summed E-state index contributed by atoms with van der Waals surface area (Å²) in [6, 6.07) is 6.24. The Bertz CT molecular complexity index is 583. The molecule has 1 fully saturated rings. The van der Waals surface area contributed by atoms with Crippen LogP contribution in [0.4, 0.5) is 0 Å². The fraction of sp³-hybridized carbons (Fsp3) is 0.667. The number of benzene rings is 1. The summed E-state index contributed by atoms with van der Waals surface area (Å²) in [5, 5.41) is 0. The van der Waals surface area contributed by atoms with Crippen LogP contribution in [-0.4, -0.2) is 55.0 Å². The van der Waals surface area contributed by atoms with Crippen LogP contribution in [0.2, 0.25) is 0 Å². The van der Waals surface area contributed by atoms with Crippen molar-refractivity contribution in [2.45, 2.75) is 51.9 Å². The minimum Gasteiger partial charge on any atom is -0.379 e. The lowest BCUT2D eigenvalue weighted by Crippen LogP contribution is -2.46. The van der Waals surface area contributed by atoms with E-state index in [0.717, 1.165) is 17.7 Å². The third kappa shape index (κ3) is 5.71. The molecule has 2 aliphatic rings. The number of carbonyl (C=O) groups excluding carboxylic acids is 1. The van der Waals surface area contributed by atoms with Crippen LogP contribution in [0, 0.1) is 0 Å². The van der Waals surface area contributed by atoms with Crippen molar-refractivity contribution in [1.82, 2.24) is 15.3 Å². The van der Waals surface area contributed by atoms with Crippen molar-refractivity contribution in [3.63, 3.8) is 0 Å². The van der Waals surface area contributed by atoms with E-state index in [2.05, 4.69) is 34.3 Å². The molecule has 5 nitrogen and oxygen atoms in total. The number of nitrogens with one attached hydrogen (secondary N) is 1. The maximum absolute atomic E-state index is 11.3. The summed E-state index contributed by atoms with van der Waals surface area (Å²) in [5.74, 6) is 0.733. The molecule has 1 saturated heterocycles. The van der Waals surface area contributed by atoms with E-state index in [9.17, 15) is 4.79 Å². The Hall–Kier alpha value is -1.59. The maximum Gasteiger partial charge on any atom is 0.257 e. The van der Waals surface area contributed by atoms with Gasteiger partial charge in [-0.15, -0.1) is 0 Å². The van der Waals surface area contributed by atoms with E-state index in [-0.39, 0.29) is 5.91 Å². The minimum atomic E-state index is -0.0734. The third-order valence-electron chi connectivity index (χ3n) is 5.49. The molecule has 0 radical (unpaired) electrons. The predicted octanol–water partition coefficient (Wildman–Crippen LogP) is 2.78. The fourth-order valence-electron chi connectivity index (χ4n) is 3.80. The Kier molecular flexibility index (Phi) is 7.32. The van der Waals surface area contributed by atoms with Gasteiger partial charge in [0, 0.05) is 31.7 Å². The van der Waals surface area contributed by atoms with Gasteiger partial charge in [-0.3, -0.25) is 4.79 Å². The molecule has 0 bridgehead atoms. The maximum atomic E-state index is 11.3. The summed E-state index contributed by atoms with van der Waals surface area (Å²) in [4.78, 5) is 21.9. The van der Waals surface area contributed by atoms with Crippen LogP contribution >= 0.6 is 0 Å². The summed E-state index contributed by atoms with van der Waals surface area (Å²) in [6.07, 6.45) is 7.95. The van der Waals surface area contributed by atoms with Crippen molar-refractivity contribution in [1.29, 1.82) is 0 Å². The van der Waals surface area contributed by atoms with Crippen molar-refractivity contribution in [2.75, 3.05) is 39.3 Å².